The predicted octanol–water partition coefficient (Wildman–Crippen LogP) is 3.32. The second-order valence-electron chi connectivity index (χ2n) is 10.9. The van der Waals surface area contributed by atoms with Crippen LogP contribution in [0.4, 0.5) is 5.69 Å². The summed E-state index contributed by atoms with van der Waals surface area (Å²) < 4.78 is 7.53. The summed E-state index contributed by atoms with van der Waals surface area (Å²) in [6.45, 7) is 7.53. The maximum absolute atomic E-state index is 13.5. The predicted molar refractivity (Wildman–Crippen MR) is 141 cm³/mol. The molecule has 9 heteroatoms. The molecule has 9 nitrogen and oxygen atoms in total. The Kier molecular flexibility index (Phi) is 8.08. The van der Waals surface area contributed by atoms with Gasteiger partial charge in [-0.05, 0) is 69.6 Å². The number of benzene rings is 1. The number of hydrogen-bond acceptors (Lipinski definition) is 6. The quantitative estimate of drug-likeness (QED) is 0.669. The van der Waals surface area contributed by atoms with Gasteiger partial charge < -0.3 is 19.9 Å². The normalized spacial score (nSPS) is 21.4. The van der Waals surface area contributed by atoms with Gasteiger partial charge in [-0.15, -0.1) is 5.10 Å². The first-order valence-corrected chi connectivity index (χ1v) is 13.9. The third kappa shape index (κ3) is 5.98. The average molecular weight is 509 g/mol. The highest BCUT2D eigenvalue weighted by atomic mass is 16.5. The van der Waals surface area contributed by atoms with Crippen molar-refractivity contribution in [2.75, 3.05) is 44.2 Å². The van der Waals surface area contributed by atoms with Gasteiger partial charge in [-0.3, -0.25) is 14.3 Å². The summed E-state index contributed by atoms with van der Waals surface area (Å²) in [6.07, 6.45) is 9.69. The molecule has 200 valence electrons. The van der Waals surface area contributed by atoms with Crippen molar-refractivity contribution in [3.05, 3.63) is 41.2 Å². The number of aromatic nitrogens is 3. The van der Waals surface area contributed by atoms with Crippen LogP contribution in [-0.4, -0.2) is 71.0 Å². The first-order chi connectivity index (χ1) is 18.0. The summed E-state index contributed by atoms with van der Waals surface area (Å²) in [7, 11) is 0. The molecule has 0 atom stereocenters. The third-order valence-corrected chi connectivity index (χ3v) is 8.30. The Hall–Kier alpha value is -2.94. The number of fused-ring (bicyclic) bond motifs is 2. The highest BCUT2D eigenvalue weighted by Gasteiger charge is 2.41. The van der Waals surface area contributed by atoms with Crippen LogP contribution in [0.15, 0.2) is 24.4 Å². The van der Waals surface area contributed by atoms with E-state index in [4.69, 9.17) is 4.74 Å². The summed E-state index contributed by atoms with van der Waals surface area (Å²) in [5.41, 5.74) is 3.53. The number of carbonyl (C=O) groups excluding carboxylic acids is 2. The Balaban J connectivity index is 1.24. The summed E-state index contributed by atoms with van der Waals surface area (Å²) in [5, 5.41) is 11.4. The molecule has 4 heterocycles. The van der Waals surface area contributed by atoms with Crippen LogP contribution >= 0.6 is 0 Å². The zero-order chi connectivity index (χ0) is 25.7. The van der Waals surface area contributed by atoms with Crippen LogP contribution in [0.2, 0.25) is 0 Å². The van der Waals surface area contributed by atoms with Crippen molar-refractivity contribution in [1.29, 1.82) is 0 Å². The van der Waals surface area contributed by atoms with Gasteiger partial charge in [-0.1, -0.05) is 17.7 Å². The Morgan fingerprint density at radius 2 is 1.78 bits per heavy atom. The van der Waals surface area contributed by atoms with Gasteiger partial charge in [0.1, 0.15) is 5.69 Å². The SMILES string of the molecule is Cc1ccc(C(=O)N2CCC3(CCCCn4cc(nn4)COCCNC3=O)CC2)cc1N1CCCCC1. The van der Waals surface area contributed by atoms with Crippen LogP contribution in [0.3, 0.4) is 0 Å². The molecular formula is C28H40N6O3. The van der Waals surface area contributed by atoms with E-state index in [1.54, 1.807) is 0 Å². The molecule has 2 saturated heterocycles. The molecular weight excluding hydrogens is 468 g/mol. The minimum absolute atomic E-state index is 0.0739. The molecule has 2 amide bonds. The van der Waals surface area contributed by atoms with E-state index in [9.17, 15) is 9.59 Å². The molecule has 0 unspecified atom stereocenters. The van der Waals surface area contributed by atoms with E-state index in [1.807, 2.05) is 21.8 Å². The number of rotatable bonds is 2. The smallest absolute Gasteiger partial charge is 0.253 e. The topological polar surface area (TPSA) is 92.6 Å². The van der Waals surface area contributed by atoms with E-state index in [0.29, 0.717) is 45.7 Å². The van der Waals surface area contributed by atoms with E-state index < -0.39 is 5.41 Å². The zero-order valence-corrected chi connectivity index (χ0v) is 22.1. The molecule has 1 N–H and O–H groups in total. The number of amides is 2. The number of anilines is 1. The number of aryl methyl sites for hydroxylation is 2. The lowest BCUT2D eigenvalue weighted by atomic mass is 9.73. The van der Waals surface area contributed by atoms with E-state index in [0.717, 1.165) is 50.2 Å². The van der Waals surface area contributed by atoms with Crippen molar-refractivity contribution in [3.8, 4) is 0 Å². The Morgan fingerprint density at radius 1 is 1.00 bits per heavy atom. The number of nitrogens with one attached hydrogen (secondary N) is 1. The fourth-order valence-corrected chi connectivity index (χ4v) is 5.98. The first kappa shape index (κ1) is 25.7. The number of nitrogens with zero attached hydrogens (tertiary/aromatic N) is 5. The summed E-state index contributed by atoms with van der Waals surface area (Å²) >= 11 is 0. The average Bonchev–Trinajstić information content (AvgIpc) is 3.38. The van der Waals surface area contributed by atoms with Crippen LogP contribution in [0.5, 0.6) is 0 Å². The first-order valence-electron chi connectivity index (χ1n) is 13.9. The molecule has 2 aromatic rings. The Labute approximate surface area is 219 Å². The Morgan fingerprint density at radius 3 is 2.59 bits per heavy atom. The van der Waals surface area contributed by atoms with Crippen LogP contribution < -0.4 is 10.2 Å². The molecule has 1 aromatic carbocycles. The Bertz CT molecular complexity index is 1090. The minimum atomic E-state index is -0.444. The summed E-state index contributed by atoms with van der Waals surface area (Å²) in [6, 6.07) is 6.12. The fraction of sp³-hybridized carbons (Fsp3) is 0.643. The molecule has 5 rings (SSSR count). The van der Waals surface area contributed by atoms with Crippen molar-refractivity contribution in [1.82, 2.24) is 25.2 Å². The molecule has 0 aliphatic carbocycles. The van der Waals surface area contributed by atoms with Crippen molar-refractivity contribution in [2.24, 2.45) is 5.41 Å². The molecule has 37 heavy (non-hydrogen) atoms. The van der Waals surface area contributed by atoms with Crippen LogP contribution in [0, 0.1) is 12.3 Å². The molecule has 1 aromatic heterocycles. The summed E-state index contributed by atoms with van der Waals surface area (Å²) in [5.74, 6) is 0.171. The number of piperidine rings is 2. The third-order valence-electron chi connectivity index (χ3n) is 8.30. The van der Waals surface area contributed by atoms with Crippen molar-refractivity contribution >= 4 is 17.5 Å². The molecule has 1 spiro atoms. The monoisotopic (exact) mass is 508 g/mol. The largest absolute Gasteiger partial charge is 0.373 e. The zero-order valence-electron chi connectivity index (χ0n) is 22.1. The highest BCUT2D eigenvalue weighted by molar-refractivity contribution is 5.95. The van der Waals surface area contributed by atoms with Gasteiger partial charge in [0.2, 0.25) is 5.91 Å². The second kappa shape index (κ2) is 11.6. The van der Waals surface area contributed by atoms with Gasteiger partial charge in [0.25, 0.3) is 5.91 Å². The van der Waals surface area contributed by atoms with Gasteiger partial charge >= 0.3 is 0 Å². The molecule has 3 aliphatic rings. The number of likely N-dealkylation sites (tertiary alicyclic amines) is 1. The van der Waals surface area contributed by atoms with Crippen molar-refractivity contribution < 1.29 is 14.3 Å². The van der Waals surface area contributed by atoms with Gasteiger partial charge in [-0.25, -0.2) is 0 Å². The van der Waals surface area contributed by atoms with Gasteiger partial charge in [0, 0.05) is 50.5 Å². The van der Waals surface area contributed by atoms with Crippen LogP contribution in [-0.2, 0) is 22.7 Å². The van der Waals surface area contributed by atoms with Crippen LogP contribution in [0.25, 0.3) is 0 Å². The van der Waals surface area contributed by atoms with E-state index in [2.05, 4.69) is 39.6 Å². The highest BCUT2D eigenvalue weighted by Crippen LogP contribution is 2.38. The van der Waals surface area contributed by atoms with E-state index >= 15 is 0 Å². The standard InChI is InChI=1S/C28H40N6O3/c1-22-7-8-23(19-25(22)32-13-4-2-5-14-32)26(35)33-16-10-28(11-17-33)9-3-6-15-34-20-24(30-31-34)21-37-18-12-29-27(28)36/h7-8,19-20H,2-6,9-18,21H2,1H3,(H,29,36). The number of ether oxygens (including phenoxy) is 1. The number of hydrogen-bond donors (Lipinski definition) is 1. The van der Waals surface area contributed by atoms with Gasteiger partial charge in [0.05, 0.1) is 24.8 Å². The maximum Gasteiger partial charge on any atom is 0.253 e. The van der Waals surface area contributed by atoms with Gasteiger partial charge in [0.15, 0.2) is 0 Å². The molecule has 2 fully saturated rings. The second-order valence-corrected chi connectivity index (χ2v) is 10.9. The molecule has 3 aliphatic heterocycles. The van der Waals surface area contributed by atoms with Crippen molar-refractivity contribution in [3.63, 3.8) is 0 Å². The van der Waals surface area contributed by atoms with E-state index in [1.165, 1.54) is 30.5 Å². The summed E-state index contributed by atoms with van der Waals surface area (Å²) in [4.78, 5) is 31.2. The lowest BCUT2D eigenvalue weighted by molar-refractivity contribution is -0.134. The fourth-order valence-electron chi connectivity index (χ4n) is 5.98. The number of carbonyl (C=O) groups is 2. The van der Waals surface area contributed by atoms with Crippen molar-refractivity contribution in [2.45, 2.75) is 71.4 Å². The molecule has 0 saturated carbocycles. The maximum atomic E-state index is 13.5. The molecule has 0 radical (unpaired) electrons. The lowest BCUT2D eigenvalue weighted by Gasteiger charge is -2.41. The molecule has 2 bridgehead atoms. The van der Waals surface area contributed by atoms with E-state index in [-0.39, 0.29) is 11.8 Å². The van der Waals surface area contributed by atoms with Gasteiger partial charge in [-0.2, -0.15) is 0 Å². The van der Waals surface area contributed by atoms with Crippen LogP contribution in [0.1, 0.15) is 73.0 Å². The lowest BCUT2D eigenvalue weighted by Crippen LogP contribution is -2.50. The minimum Gasteiger partial charge on any atom is -0.373 e.